The van der Waals surface area contributed by atoms with Gasteiger partial charge in [-0.15, -0.1) is 0 Å². The van der Waals surface area contributed by atoms with Gasteiger partial charge in [0.05, 0.1) is 4.90 Å². The average molecular weight is 445 g/mol. The van der Waals surface area contributed by atoms with E-state index in [0.29, 0.717) is 22.2 Å². The minimum Gasteiger partial charge on any atom is -0.236 e. The van der Waals surface area contributed by atoms with Crippen LogP contribution in [0.3, 0.4) is 0 Å². The molecular formula is C20H14BrFN2O2S. The maximum absolute atomic E-state index is 13.3. The van der Waals surface area contributed by atoms with Crippen LogP contribution in [-0.4, -0.2) is 17.4 Å². The summed E-state index contributed by atoms with van der Waals surface area (Å²) in [5.74, 6) is -0.353. The van der Waals surface area contributed by atoms with E-state index in [0.717, 1.165) is 10.0 Å². The van der Waals surface area contributed by atoms with Crippen LogP contribution in [0, 0.1) is 12.7 Å². The van der Waals surface area contributed by atoms with Crippen LogP contribution < -0.4 is 0 Å². The van der Waals surface area contributed by atoms with Crippen molar-refractivity contribution in [2.75, 3.05) is 0 Å². The molecule has 0 aliphatic carbocycles. The molecule has 136 valence electrons. The first-order valence-corrected chi connectivity index (χ1v) is 10.3. The Kier molecular flexibility index (Phi) is 4.36. The average Bonchev–Trinajstić information content (AvgIpc) is 3.02. The molecule has 2 aromatic heterocycles. The molecule has 2 heterocycles. The van der Waals surface area contributed by atoms with Gasteiger partial charge >= 0.3 is 0 Å². The zero-order chi connectivity index (χ0) is 19.2. The number of halogens is 2. The van der Waals surface area contributed by atoms with E-state index in [4.69, 9.17) is 0 Å². The Labute approximate surface area is 164 Å². The predicted octanol–water partition coefficient (Wildman–Crippen LogP) is 5.15. The lowest BCUT2D eigenvalue weighted by molar-refractivity contribution is 0.588. The minimum atomic E-state index is -3.83. The fourth-order valence-corrected chi connectivity index (χ4v) is 4.58. The molecule has 0 radical (unpaired) electrons. The van der Waals surface area contributed by atoms with Crippen LogP contribution in [0.4, 0.5) is 4.39 Å². The molecule has 0 aliphatic rings. The number of rotatable bonds is 3. The summed E-state index contributed by atoms with van der Waals surface area (Å²) >= 11 is 3.38. The third-order valence-electron chi connectivity index (χ3n) is 4.31. The van der Waals surface area contributed by atoms with Crippen molar-refractivity contribution in [2.24, 2.45) is 0 Å². The van der Waals surface area contributed by atoms with Crippen LogP contribution in [0.15, 0.2) is 76.4 Å². The lowest BCUT2D eigenvalue weighted by Crippen LogP contribution is -2.12. The van der Waals surface area contributed by atoms with Crippen LogP contribution in [0.5, 0.6) is 0 Å². The summed E-state index contributed by atoms with van der Waals surface area (Å²) in [5, 5.41) is 0.659. The summed E-state index contributed by atoms with van der Waals surface area (Å²) in [6.45, 7) is 1.90. The lowest BCUT2D eigenvalue weighted by Gasteiger charge is -2.07. The SMILES string of the molecule is Cc1ccc(S(=O)(=O)n2cc(-c3ccc(F)cc3)c3cc(Br)cnc32)cc1. The Morgan fingerprint density at radius 3 is 2.37 bits per heavy atom. The van der Waals surface area contributed by atoms with Crippen molar-refractivity contribution >= 4 is 37.0 Å². The number of pyridine rings is 1. The van der Waals surface area contributed by atoms with Crippen molar-refractivity contribution in [3.05, 3.63) is 82.8 Å². The number of hydrogen-bond donors (Lipinski definition) is 0. The second-order valence-electron chi connectivity index (χ2n) is 6.19. The molecule has 0 saturated heterocycles. The van der Waals surface area contributed by atoms with Gasteiger partial charge in [0.25, 0.3) is 10.0 Å². The van der Waals surface area contributed by atoms with Gasteiger partial charge in [0, 0.05) is 27.8 Å². The zero-order valence-electron chi connectivity index (χ0n) is 14.2. The fraction of sp³-hybridized carbons (Fsp3) is 0.0500. The molecule has 4 nitrogen and oxygen atoms in total. The molecule has 0 unspecified atom stereocenters. The highest BCUT2D eigenvalue weighted by molar-refractivity contribution is 9.10. The topological polar surface area (TPSA) is 52.0 Å². The van der Waals surface area contributed by atoms with Crippen LogP contribution in [0.1, 0.15) is 5.56 Å². The highest BCUT2D eigenvalue weighted by Crippen LogP contribution is 2.33. The van der Waals surface area contributed by atoms with Gasteiger partial charge in [-0.05, 0) is 58.7 Å². The van der Waals surface area contributed by atoms with E-state index in [1.807, 2.05) is 13.0 Å². The Balaban J connectivity index is 1.99. The maximum atomic E-state index is 13.3. The molecule has 0 bridgehead atoms. The van der Waals surface area contributed by atoms with E-state index in [1.165, 1.54) is 22.3 Å². The normalized spacial score (nSPS) is 11.8. The van der Waals surface area contributed by atoms with Gasteiger partial charge in [-0.3, -0.25) is 0 Å². The molecule has 0 fully saturated rings. The molecule has 0 atom stereocenters. The molecule has 0 N–H and O–H groups in total. The highest BCUT2D eigenvalue weighted by atomic mass is 79.9. The van der Waals surface area contributed by atoms with E-state index >= 15 is 0 Å². The second-order valence-corrected chi connectivity index (χ2v) is 8.92. The summed E-state index contributed by atoms with van der Waals surface area (Å²) in [7, 11) is -3.83. The van der Waals surface area contributed by atoms with Gasteiger partial charge in [0.15, 0.2) is 5.65 Å². The van der Waals surface area contributed by atoms with Gasteiger partial charge in [-0.1, -0.05) is 29.8 Å². The van der Waals surface area contributed by atoms with Crippen molar-refractivity contribution in [1.82, 2.24) is 8.96 Å². The first-order chi connectivity index (χ1) is 12.9. The van der Waals surface area contributed by atoms with Crippen LogP contribution in [0.25, 0.3) is 22.2 Å². The van der Waals surface area contributed by atoms with Crippen molar-refractivity contribution in [3.63, 3.8) is 0 Å². The third-order valence-corrected chi connectivity index (χ3v) is 6.41. The van der Waals surface area contributed by atoms with E-state index in [9.17, 15) is 12.8 Å². The molecule has 27 heavy (non-hydrogen) atoms. The first kappa shape index (κ1) is 17.9. The summed E-state index contributed by atoms with van der Waals surface area (Å²) in [6.07, 6.45) is 3.09. The molecular weight excluding hydrogens is 431 g/mol. The molecule has 0 amide bonds. The van der Waals surface area contributed by atoms with Crippen LogP contribution >= 0.6 is 15.9 Å². The van der Waals surface area contributed by atoms with Crippen molar-refractivity contribution in [2.45, 2.75) is 11.8 Å². The van der Waals surface area contributed by atoms with E-state index < -0.39 is 10.0 Å². The Hall–Kier alpha value is -2.51. The fourth-order valence-electron chi connectivity index (χ4n) is 2.92. The Morgan fingerprint density at radius 2 is 1.70 bits per heavy atom. The van der Waals surface area contributed by atoms with E-state index in [2.05, 4.69) is 20.9 Å². The second kappa shape index (κ2) is 6.58. The smallest absolute Gasteiger partial charge is 0.236 e. The number of hydrogen-bond acceptors (Lipinski definition) is 3. The van der Waals surface area contributed by atoms with Crippen LogP contribution in [-0.2, 0) is 10.0 Å². The van der Waals surface area contributed by atoms with E-state index in [-0.39, 0.29) is 10.7 Å². The van der Waals surface area contributed by atoms with Gasteiger partial charge in [-0.2, -0.15) is 0 Å². The number of nitrogens with zero attached hydrogens (tertiary/aromatic N) is 2. The molecule has 0 spiro atoms. The van der Waals surface area contributed by atoms with Gasteiger partial charge in [-0.25, -0.2) is 21.8 Å². The molecule has 2 aromatic carbocycles. The molecule has 7 heteroatoms. The predicted molar refractivity (Wildman–Crippen MR) is 107 cm³/mol. The van der Waals surface area contributed by atoms with Gasteiger partial charge < -0.3 is 0 Å². The van der Waals surface area contributed by atoms with Crippen molar-refractivity contribution < 1.29 is 12.8 Å². The largest absolute Gasteiger partial charge is 0.269 e. The van der Waals surface area contributed by atoms with Crippen molar-refractivity contribution in [1.29, 1.82) is 0 Å². The zero-order valence-corrected chi connectivity index (χ0v) is 16.6. The monoisotopic (exact) mass is 444 g/mol. The van der Waals surface area contributed by atoms with Gasteiger partial charge in [0.1, 0.15) is 5.82 Å². The summed E-state index contributed by atoms with van der Waals surface area (Å²) in [6, 6.07) is 14.4. The summed E-state index contributed by atoms with van der Waals surface area (Å²) in [5.41, 5.74) is 2.66. The first-order valence-electron chi connectivity index (χ1n) is 8.11. The summed E-state index contributed by atoms with van der Waals surface area (Å²) < 4.78 is 41.6. The number of benzene rings is 2. The van der Waals surface area contributed by atoms with Gasteiger partial charge in [0.2, 0.25) is 0 Å². The maximum Gasteiger partial charge on any atom is 0.269 e. The summed E-state index contributed by atoms with van der Waals surface area (Å²) in [4.78, 5) is 4.50. The lowest BCUT2D eigenvalue weighted by atomic mass is 10.1. The highest BCUT2D eigenvalue weighted by Gasteiger charge is 2.23. The molecule has 0 aliphatic heterocycles. The molecule has 4 aromatic rings. The Bertz CT molecular complexity index is 1250. The van der Waals surface area contributed by atoms with Crippen LogP contribution in [0.2, 0.25) is 0 Å². The third kappa shape index (κ3) is 3.17. The minimum absolute atomic E-state index is 0.181. The standard InChI is InChI=1S/C20H14BrFN2O2S/c1-13-2-8-17(9-3-13)27(25,26)24-12-19(14-4-6-16(22)7-5-14)18-10-15(21)11-23-20(18)24/h2-12H,1H3. The number of aryl methyl sites for hydroxylation is 1. The molecule has 4 rings (SSSR count). The Morgan fingerprint density at radius 1 is 1.04 bits per heavy atom. The van der Waals surface area contributed by atoms with Crippen molar-refractivity contribution in [3.8, 4) is 11.1 Å². The number of aromatic nitrogens is 2. The number of fused-ring (bicyclic) bond motifs is 1. The molecule has 0 saturated carbocycles. The quantitative estimate of drug-likeness (QED) is 0.438. The van der Waals surface area contributed by atoms with E-state index in [1.54, 1.807) is 42.6 Å².